The summed E-state index contributed by atoms with van der Waals surface area (Å²) in [7, 11) is 0. The summed E-state index contributed by atoms with van der Waals surface area (Å²) in [6.07, 6.45) is 6.59. The third kappa shape index (κ3) is 4.73. The van der Waals surface area contributed by atoms with Crippen LogP contribution in [0.4, 0.5) is 11.5 Å². The van der Waals surface area contributed by atoms with Gasteiger partial charge in [-0.3, -0.25) is 9.78 Å². The van der Waals surface area contributed by atoms with Gasteiger partial charge in [0.25, 0.3) is 0 Å². The molecule has 3 aromatic heterocycles. The Morgan fingerprint density at radius 1 is 1.03 bits per heavy atom. The van der Waals surface area contributed by atoms with Crippen LogP contribution < -0.4 is 9.80 Å². The molecule has 8 nitrogen and oxygen atoms in total. The molecule has 202 valence electrons. The molecule has 0 bridgehead atoms. The fourth-order valence-electron chi connectivity index (χ4n) is 6.25. The van der Waals surface area contributed by atoms with E-state index in [1.165, 1.54) is 11.1 Å². The number of nitrogens with zero attached hydrogens (tertiary/aromatic N) is 5. The number of anilines is 2. The smallest absolute Gasteiger partial charge is 0.307 e. The van der Waals surface area contributed by atoms with Gasteiger partial charge < -0.3 is 19.9 Å². The number of benzene rings is 1. The Kier molecular flexibility index (Phi) is 6.28. The number of nitrogens with one attached hydrogen (secondary N) is 1. The van der Waals surface area contributed by atoms with Crippen molar-refractivity contribution in [3.05, 3.63) is 64.9 Å². The molecule has 8 heteroatoms. The Bertz CT molecular complexity index is 1560. The van der Waals surface area contributed by atoms with Crippen LogP contribution in [0.5, 0.6) is 0 Å². The first-order valence-electron chi connectivity index (χ1n) is 13.8. The zero-order valence-electron chi connectivity index (χ0n) is 23.2. The normalized spacial score (nSPS) is 16.9. The van der Waals surface area contributed by atoms with Gasteiger partial charge in [-0.05, 0) is 61.3 Å². The lowest BCUT2D eigenvalue weighted by atomic mass is 9.82. The number of carbonyl (C=O) groups is 1. The number of hydrogen-bond donors (Lipinski definition) is 2. The van der Waals surface area contributed by atoms with Crippen molar-refractivity contribution in [3.8, 4) is 11.1 Å². The van der Waals surface area contributed by atoms with E-state index < -0.39 is 5.97 Å². The number of pyridine rings is 1. The van der Waals surface area contributed by atoms with Crippen molar-refractivity contribution in [1.29, 1.82) is 0 Å². The molecule has 0 aliphatic carbocycles. The van der Waals surface area contributed by atoms with Gasteiger partial charge in [0.15, 0.2) is 5.82 Å². The molecule has 1 fully saturated rings. The summed E-state index contributed by atoms with van der Waals surface area (Å²) in [5, 5.41) is 9.79. The van der Waals surface area contributed by atoms with E-state index in [4.69, 9.17) is 4.98 Å². The van der Waals surface area contributed by atoms with E-state index in [9.17, 15) is 9.90 Å². The monoisotopic (exact) mass is 524 g/mol. The number of fused-ring (bicyclic) bond motifs is 2. The van der Waals surface area contributed by atoms with Crippen molar-refractivity contribution < 1.29 is 9.90 Å². The van der Waals surface area contributed by atoms with Crippen LogP contribution in [0.2, 0.25) is 0 Å². The van der Waals surface area contributed by atoms with E-state index in [0.29, 0.717) is 5.41 Å². The number of aromatic nitrogens is 4. The SMILES string of the molecule is Cc1nc(C)c(-c2ccc3c(c2)CCN(c2ncnc4cc[nH]c24)C3)c(N2CCC(C)(C)CC2)c1CC(=O)O. The molecule has 0 atom stereocenters. The van der Waals surface area contributed by atoms with Gasteiger partial charge >= 0.3 is 5.97 Å². The Balaban J connectivity index is 1.39. The Morgan fingerprint density at radius 3 is 2.59 bits per heavy atom. The largest absolute Gasteiger partial charge is 0.481 e. The van der Waals surface area contributed by atoms with Crippen LogP contribution in [-0.2, 0) is 24.2 Å². The highest BCUT2D eigenvalue weighted by molar-refractivity contribution is 5.88. The van der Waals surface area contributed by atoms with Crippen molar-refractivity contribution in [3.63, 3.8) is 0 Å². The third-order valence-electron chi connectivity index (χ3n) is 8.55. The second-order valence-electron chi connectivity index (χ2n) is 11.8. The summed E-state index contributed by atoms with van der Waals surface area (Å²) in [6.45, 7) is 12.1. The van der Waals surface area contributed by atoms with E-state index in [2.05, 4.69) is 63.7 Å². The minimum atomic E-state index is -0.820. The zero-order valence-corrected chi connectivity index (χ0v) is 23.2. The van der Waals surface area contributed by atoms with E-state index in [-0.39, 0.29) is 6.42 Å². The lowest BCUT2D eigenvalue weighted by molar-refractivity contribution is -0.136. The molecule has 2 aliphatic heterocycles. The first-order valence-corrected chi connectivity index (χ1v) is 13.8. The molecule has 5 heterocycles. The first kappa shape index (κ1) is 25.3. The Hall–Kier alpha value is -3.94. The molecule has 0 spiro atoms. The first-order chi connectivity index (χ1) is 18.7. The average molecular weight is 525 g/mol. The van der Waals surface area contributed by atoms with Crippen LogP contribution in [0.25, 0.3) is 22.2 Å². The van der Waals surface area contributed by atoms with Crippen molar-refractivity contribution in [1.82, 2.24) is 19.9 Å². The number of carboxylic acid groups (broad SMARTS) is 1. The minimum absolute atomic E-state index is 0.0204. The zero-order chi connectivity index (χ0) is 27.3. The summed E-state index contributed by atoms with van der Waals surface area (Å²) < 4.78 is 0. The number of aromatic amines is 1. The van der Waals surface area contributed by atoms with E-state index >= 15 is 0 Å². The molecule has 39 heavy (non-hydrogen) atoms. The fraction of sp³-hybridized carbons (Fsp3) is 0.419. The number of hydrogen-bond acceptors (Lipinski definition) is 6. The summed E-state index contributed by atoms with van der Waals surface area (Å²) in [5.41, 5.74) is 10.7. The summed E-state index contributed by atoms with van der Waals surface area (Å²) in [6, 6.07) is 8.69. The van der Waals surface area contributed by atoms with Crippen LogP contribution in [0.3, 0.4) is 0 Å². The molecule has 1 aromatic carbocycles. The van der Waals surface area contributed by atoms with Gasteiger partial charge in [0.1, 0.15) is 11.8 Å². The number of piperidine rings is 1. The van der Waals surface area contributed by atoms with Gasteiger partial charge in [-0.2, -0.15) is 0 Å². The van der Waals surface area contributed by atoms with Gasteiger partial charge in [0.2, 0.25) is 0 Å². The highest BCUT2D eigenvalue weighted by Gasteiger charge is 2.30. The van der Waals surface area contributed by atoms with Gasteiger partial charge in [0.05, 0.1) is 17.6 Å². The highest BCUT2D eigenvalue weighted by Crippen LogP contribution is 2.42. The summed E-state index contributed by atoms with van der Waals surface area (Å²) in [4.78, 5) is 33.8. The minimum Gasteiger partial charge on any atom is -0.481 e. The van der Waals surface area contributed by atoms with Gasteiger partial charge in [-0.25, -0.2) is 9.97 Å². The molecular formula is C31H36N6O2. The Labute approximate surface area is 229 Å². The fourth-order valence-corrected chi connectivity index (χ4v) is 6.25. The molecule has 0 amide bonds. The Morgan fingerprint density at radius 2 is 1.82 bits per heavy atom. The molecule has 4 aromatic rings. The topological polar surface area (TPSA) is 98.2 Å². The number of carboxylic acids is 1. The second-order valence-corrected chi connectivity index (χ2v) is 11.8. The number of H-pyrrole nitrogens is 1. The van der Waals surface area contributed by atoms with E-state index in [1.807, 2.05) is 19.2 Å². The molecule has 0 saturated carbocycles. The maximum absolute atomic E-state index is 11.9. The lowest BCUT2D eigenvalue weighted by Crippen LogP contribution is -2.38. The molecular weight excluding hydrogens is 488 g/mol. The van der Waals surface area contributed by atoms with Gasteiger partial charge in [-0.15, -0.1) is 0 Å². The van der Waals surface area contributed by atoms with Crippen molar-refractivity contribution >= 4 is 28.5 Å². The van der Waals surface area contributed by atoms with Crippen LogP contribution >= 0.6 is 0 Å². The lowest BCUT2D eigenvalue weighted by Gasteiger charge is -2.40. The number of rotatable bonds is 5. The van der Waals surface area contributed by atoms with Gasteiger partial charge in [-0.1, -0.05) is 32.0 Å². The van der Waals surface area contributed by atoms with E-state index in [0.717, 1.165) is 96.1 Å². The predicted molar refractivity (Wildman–Crippen MR) is 154 cm³/mol. The number of aliphatic carboxylic acids is 1. The maximum atomic E-state index is 11.9. The second kappa shape index (κ2) is 9.67. The summed E-state index contributed by atoms with van der Waals surface area (Å²) >= 11 is 0. The molecule has 2 aliphatic rings. The van der Waals surface area contributed by atoms with Crippen molar-refractivity contribution in [2.75, 3.05) is 29.4 Å². The van der Waals surface area contributed by atoms with Crippen molar-refractivity contribution in [2.45, 2.75) is 59.9 Å². The predicted octanol–water partition coefficient (Wildman–Crippen LogP) is 5.45. The highest BCUT2D eigenvalue weighted by atomic mass is 16.4. The molecule has 2 N–H and O–H groups in total. The van der Waals surface area contributed by atoms with Gasteiger partial charge in [0, 0.05) is 54.9 Å². The van der Waals surface area contributed by atoms with Crippen LogP contribution in [0.1, 0.15) is 54.8 Å². The van der Waals surface area contributed by atoms with Crippen molar-refractivity contribution in [2.24, 2.45) is 5.41 Å². The average Bonchev–Trinajstić information content (AvgIpc) is 3.39. The van der Waals surface area contributed by atoms with Crippen LogP contribution in [-0.4, -0.2) is 50.6 Å². The molecule has 0 unspecified atom stereocenters. The number of aryl methyl sites for hydroxylation is 2. The quantitative estimate of drug-likeness (QED) is 0.358. The van der Waals surface area contributed by atoms with Crippen LogP contribution in [0, 0.1) is 19.3 Å². The molecule has 6 rings (SSSR count). The molecule has 1 saturated heterocycles. The van der Waals surface area contributed by atoms with Crippen LogP contribution in [0.15, 0.2) is 36.8 Å². The third-order valence-corrected chi connectivity index (χ3v) is 8.55. The van der Waals surface area contributed by atoms with E-state index in [1.54, 1.807) is 6.33 Å². The standard InChI is InChI=1S/C31H36N6O2/c1-19-24(16-26(38)39)29(36-13-9-31(3,4)10-14-36)27(20(2)35-19)22-5-6-23-17-37(12-8-21(23)15-22)30-28-25(7-11-32-28)33-18-34-30/h5-7,11,15,18,32H,8-10,12-14,16-17H2,1-4H3,(H,38,39). The molecule has 0 radical (unpaired) electrons. The maximum Gasteiger partial charge on any atom is 0.307 e. The summed E-state index contributed by atoms with van der Waals surface area (Å²) in [5.74, 6) is 0.117.